The highest BCUT2D eigenvalue weighted by Gasteiger charge is 2.34. The number of halogens is 1. The first-order chi connectivity index (χ1) is 12.9. The molecule has 1 fully saturated rings. The minimum Gasteiger partial charge on any atom is -0.383 e. The number of benzene rings is 1. The molecule has 0 saturated carbocycles. The van der Waals surface area contributed by atoms with Crippen LogP contribution in [0.15, 0.2) is 41.2 Å². The minimum atomic E-state index is -0.238. The summed E-state index contributed by atoms with van der Waals surface area (Å²) >= 11 is 5.99. The maximum atomic E-state index is 12.8. The second-order valence-electron chi connectivity index (χ2n) is 7.13. The van der Waals surface area contributed by atoms with E-state index in [2.05, 4.69) is 24.2 Å². The summed E-state index contributed by atoms with van der Waals surface area (Å²) in [7, 11) is 1.56. The number of aromatic nitrogens is 2. The minimum absolute atomic E-state index is 0.0199. The van der Waals surface area contributed by atoms with Gasteiger partial charge in [-0.2, -0.15) is 5.10 Å². The molecule has 7 heteroatoms. The van der Waals surface area contributed by atoms with Crippen LogP contribution in [0.25, 0.3) is 0 Å². The molecule has 1 aromatic carbocycles. The molecule has 2 aromatic rings. The molecule has 1 aliphatic rings. The summed E-state index contributed by atoms with van der Waals surface area (Å²) in [6.07, 6.45) is 1.73. The average molecular weight is 390 g/mol. The molecule has 0 N–H and O–H groups in total. The van der Waals surface area contributed by atoms with Crippen LogP contribution in [0.4, 0.5) is 0 Å². The number of nitrogens with zero attached hydrogens (tertiary/aromatic N) is 3. The number of rotatable bonds is 5. The van der Waals surface area contributed by atoms with Crippen molar-refractivity contribution in [2.75, 3.05) is 26.8 Å². The number of methoxy groups -OCH3 is 1. The molecule has 0 bridgehead atoms. The molecule has 2 heterocycles. The van der Waals surface area contributed by atoms with Gasteiger partial charge in [0.25, 0.3) is 11.5 Å². The number of carbonyl (C=O) groups is 1. The number of hydrogen-bond donors (Lipinski definition) is 0. The largest absolute Gasteiger partial charge is 0.383 e. The lowest BCUT2D eigenvalue weighted by Crippen LogP contribution is -2.44. The molecular weight excluding hydrogens is 366 g/mol. The molecular formula is C20H24ClN3O3. The van der Waals surface area contributed by atoms with E-state index in [-0.39, 0.29) is 16.9 Å². The lowest BCUT2D eigenvalue weighted by molar-refractivity contribution is 0.0666. The summed E-state index contributed by atoms with van der Waals surface area (Å²) in [5.74, 6) is -0.140. The summed E-state index contributed by atoms with van der Waals surface area (Å²) in [5, 5.41) is 4.93. The molecule has 1 amide bonds. The Bertz CT molecular complexity index is 856. The van der Waals surface area contributed by atoms with Crippen molar-refractivity contribution in [2.24, 2.45) is 0 Å². The maximum absolute atomic E-state index is 12.8. The number of likely N-dealkylation sites (tertiary alicyclic amines) is 1. The molecule has 0 spiro atoms. The van der Waals surface area contributed by atoms with Gasteiger partial charge in [-0.1, -0.05) is 30.7 Å². The molecule has 1 saturated heterocycles. The third-order valence-electron chi connectivity index (χ3n) is 5.29. The van der Waals surface area contributed by atoms with E-state index in [1.54, 1.807) is 7.11 Å². The zero-order chi connectivity index (χ0) is 19.4. The molecule has 144 valence electrons. The van der Waals surface area contributed by atoms with Gasteiger partial charge in [0.05, 0.1) is 13.2 Å². The summed E-state index contributed by atoms with van der Waals surface area (Å²) in [6, 6.07) is 10.8. The molecule has 27 heavy (non-hydrogen) atoms. The number of ether oxygens (including phenoxy) is 1. The van der Waals surface area contributed by atoms with E-state index in [0.717, 1.165) is 17.9 Å². The monoisotopic (exact) mass is 389 g/mol. The van der Waals surface area contributed by atoms with Crippen molar-refractivity contribution in [1.29, 1.82) is 0 Å². The number of piperidine rings is 1. The topological polar surface area (TPSA) is 64.4 Å². The Labute approximate surface area is 163 Å². The number of hydrogen-bond acceptors (Lipinski definition) is 4. The van der Waals surface area contributed by atoms with Gasteiger partial charge in [-0.15, -0.1) is 0 Å². The van der Waals surface area contributed by atoms with Crippen LogP contribution >= 0.6 is 11.6 Å². The third-order valence-corrected chi connectivity index (χ3v) is 5.54. The van der Waals surface area contributed by atoms with Crippen LogP contribution < -0.4 is 5.56 Å². The van der Waals surface area contributed by atoms with E-state index < -0.39 is 0 Å². The van der Waals surface area contributed by atoms with Crippen molar-refractivity contribution in [3.63, 3.8) is 0 Å². The van der Waals surface area contributed by atoms with Gasteiger partial charge >= 0.3 is 0 Å². The predicted molar refractivity (Wildman–Crippen MR) is 104 cm³/mol. The molecule has 0 atom stereocenters. The fourth-order valence-corrected chi connectivity index (χ4v) is 3.53. The van der Waals surface area contributed by atoms with Crippen LogP contribution in [0, 0.1) is 0 Å². The Morgan fingerprint density at radius 1 is 1.19 bits per heavy atom. The molecule has 0 radical (unpaired) electrons. The maximum Gasteiger partial charge on any atom is 0.274 e. The van der Waals surface area contributed by atoms with Crippen LogP contribution in [-0.4, -0.2) is 47.4 Å². The Morgan fingerprint density at radius 2 is 1.85 bits per heavy atom. The second kappa shape index (κ2) is 8.23. The Kier molecular flexibility index (Phi) is 5.97. The van der Waals surface area contributed by atoms with E-state index in [4.69, 9.17) is 16.3 Å². The summed E-state index contributed by atoms with van der Waals surface area (Å²) in [6.45, 7) is 4.22. The SMILES string of the molecule is COCCn1nc(C(=O)N2CCC(C)(c3ccc(Cl)cc3)CC2)ccc1=O. The molecule has 0 unspecified atom stereocenters. The van der Waals surface area contributed by atoms with Gasteiger partial charge in [0.2, 0.25) is 0 Å². The molecule has 6 nitrogen and oxygen atoms in total. The van der Waals surface area contributed by atoms with Gasteiger partial charge in [0.1, 0.15) is 5.69 Å². The van der Waals surface area contributed by atoms with Crippen molar-refractivity contribution >= 4 is 17.5 Å². The van der Waals surface area contributed by atoms with Crippen LogP contribution in [0.2, 0.25) is 5.02 Å². The van der Waals surface area contributed by atoms with Crippen LogP contribution in [0.5, 0.6) is 0 Å². The normalized spacial score (nSPS) is 16.3. The fraction of sp³-hybridized carbons (Fsp3) is 0.450. The van der Waals surface area contributed by atoms with Crippen LogP contribution in [-0.2, 0) is 16.7 Å². The smallest absolute Gasteiger partial charge is 0.274 e. The van der Waals surface area contributed by atoms with E-state index in [0.29, 0.717) is 31.9 Å². The van der Waals surface area contributed by atoms with Gasteiger partial charge < -0.3 is 9.64 Å². The van der Waals surface area contributed by atoms with Crippen molar-refractivity contribution in [2.45, 2.75) is 31.7 Å². The van der Waals surface area contributed by atoms with Gasteiger partial charge in [-0.05, 0) is 42.0 Å². The van der Waals surface area contributed by atoms with E-state index in [1.807, 2.05) is 17.0 Å². The van der Waals surface area contributed by atoms with Crippen LogP contribution in [0.3, 0.4) is 0 Å². The average Bonchev–Trinajstić information content (AvgIpc) is 2.68. The number of amides is 1. The molecule has 1 aromatic heterocycles. The van der Waals surface area contributed by atoms with Gasteiger partial charge in [-0.25, -0.2) is 4.68 Å². The standard InChI is InChI=1S/C20H24ClN3O3/c1-20(15-3-5-16(21)6-4-15)9-11-23(12-10-20)19(26)17-7-8-18(25)24(22-17)13-14-27-2/h3-8H,9-14H2,1-2H3. The highest BCUT2D eigenvalue weighted by molar-refractivity contribution is 6.30. The Hall–Kier alpha value is -2.18. The first-order valence-electron chi connectivity index (χ1n) is 9.05. The zero-order valence-corrected chi connectivity index (χ0v) is 16.4. The van der Waals surface area contributed by atoms with Crippen molar-refractivity contribution in [3.05, 3.63) is 63.0 Å². The van der Waals surface area contributed by atoms with E-state index in [1.165, 1.54) is 22.4 Å². The highest BCUT2D eigenvalue weighted by Crippen LogP contribution is 2.35. The van der Waals surface area contributed by atoms with Gasteiger partial charge in [0, 0.05) is 31.3 Å². The fourth-order valence-electron chi connectivity index (χ4n) is 3.41. The summed E-state index contributed by atoms with van der Waals surface area (Å²) < 4.78 is 6.26. The molecule has 3 rings (SSSR count). The summed E-state index contributed by atoms with van der Waals surface area (Å²) in [5.41, 5.74) is 1.31. The first kappa shape index (κ1) is 19.6. The predicted octanol–water partition coefficient (Wildman–Crippen LogP) is 2.74. The van der Waals surface area contributed by atoms with Crippen LogP contribution in [0.1, 0.15) is 35.8 Å². The summed E-state index contributed by atoms with van der Waals surface area (Å²) in [4.78, 5) is 26.5. The number of carbonyl (C=O) groups excluding carboxylic acids is 1. The quantitative estimate of drug-likeness (QED) is 0.788. The third kappa shape index (κ3) is 4.39. The van der Waals surface area contributed by atoms with Crippen molar-refractivity contribution in [3.8, 4) is 0 Å². The van der Waals surface area contributed by atoms with Crippen molar-refractivity contribution in [1.82, 2.24) is 14.7 Å². The first-order valence-corrected chi connectivity index (χ1v) is 9.43. The highest BCUT2D eigenvalue weighted by atomic mass is 35.5. The lowest BCUT2D eigenvalue weighted by atomic mass is 9.74. The van der Waals surface area contributed by atoms with Gasteiger partial charge in [-0.3, -0.25) is 9.59 Å². The molecule has 0 aliphatic carbocycles. The van der Waals surface area contributed by atoms with Crippen molar-refractivity contribution < 1.29 is 9.53 Å². The second-order valence-corrected chi connectivity index (χ2v) is 7.57. The Balaban J connectivity index is 1.69. The zero-order valence-electron chi connectivity index (χ0n) is 15.7. The Morgan fingerprint density at radius 3 is 2.48 bits per heavy atom. The van der Waals surface area contributed by atoms with E-state index in [9.17, 15) is 9.59 Å². The lowest BCUT2D eigenvalue weighted by Gasteiger charge is -2.39. The van der Waals surface area contributed by atoms with Gasteiger partial charge in [0.15, 0.2) is 0 Å². The van der Waals surface area contributed by atoms with E-state index >= 15 is 0 Å². The molecule has 1 aliphatic heterocycles.